The molecule has 3 rings (SSSR count). The minimum atomic E-state index is -1.09. The molecule has 1 aliphatic heterocycles. The standard InChI is InChI=1S/C18H21FN2O/c19-17-12-15(20)6-7-16(17)18(22)8-10-21(11-9-18)13-14-4-2-1-3-5-14/h1-7,12,22H,8-11,13,20H2. The first-order chi connectivity index (χ1) is 10.6. The Bertz CT molecular complexity index is 637. The van der Waals surface area contributed by atoms with Gasteiger partial charge < -0.3 is 10.8 Å². The van der Waals surface area contributed by atoms with Crippen molar-refractivity contribution in [2.45, 2.75) is 25.0 Å². The van der Waals surface area contributed by atoms with E-state index in [1.807, 2.05) is 18.2 Å². The van der Waals surface area contributed by atoms with E-state index in [0.717, 1.165) is 19.6 Å². The number of nitrogen functional groups attached to an aromatic ring is 1. The highest BCUT2D eigenvalue weighted by atomic mass is 19.1. The molecular weight excluding hydrogens is 279 g/mol. The van der Waals surface area contributed by atoms with E-state index in [2.05, 4.69) is 17.0 Å². The number of benzene rings is 2. The Morgan fingerprint density at radius 2 is 1.77 bits per heavy atom. The fraction of sp³-hybridized carbons (Fsp3) is 0.333. The molecule has 1 fully saturated rings. The van der Waals surface area contributed by atoms with Gasteiger partial charge in [0.2, 0.25) is 0 Å². The van der Waals surface area contributed by atoms with E-state index in [0.29, 0.717) is 24.1 Å². The maximum atomic E-state index is 14.1. The zero-order valence-corrected chi connectivity index (χ0v) is 12.5. The smallest absolute Gasteiger partial charge is 0.131 e. The fourth-order valence-corrected chi connectivity index (χ4v) is 3.10. The first kappa shape index (κ1) is 15.0. The zero-order valence-electron chi connectivity index (χ0n) is 12.5. The van der Waals surface area contributed by atoms with Gasteiger partial charge in [-0.05, 0) is 30.5 Å². The normalized spacial score (nSPS) is 18.3. The van der Waals surface area contributed by atoms with Gasteiger partial charge in [0.05, 0.1) is 5.60 Å². The molecule has 0 aromatic heterocycles. The van der Waals surface area contributed by atoms with Gasteiger partial charge in [0.1, 0.15) is 5.82 Å². The van der Waals surface area contributed by atoms with E-state index in [-0.39, 0.29) is 0 Å². The predicted molar refractivity (Wildman–Crippen MR) is 85.7 cm³/mol. The van der Waals surface area contributed by atoms with Gasteiger partial charge in [0.15, 0.2) is 0 Å². The first-order valence-electron chi connectivity index (χ1n) is 7.61. The molecule has 0 amide bonds. The summed E-state index contributed by atoms with van der Waals surface area (Å²) in [5, 5.41) is 10.8. The van der Waals surface area contributed by atoms with Crippen molar-refractivity contribution < 1.29 is 9.50 Å². The Morgan fingerprint density at radius 3 is 2.41 bits per heavy atom. The Labute approximate surface area is 130 Å². The van der Waals surface area contributed by atoms with Gasteiger partial charge in [0, 0.05) is 30.9 Å². The third kappa shape index (κ3) is 3.13. The monoisotopic (exact) mass is 300 g/mol. The fourth-order valence-electron chi connectivity index (χ4n) is 3.10. The molecule has 0 saturated carbocycles. The Kier molecular flexibility index (Phi) is 4.14. The molecule has 3 N–H and O–H groups in total. The lowest BCUT2D eigenvalue weighted by molar-refractivity contribution is -0.0302. The van der Waals surface area contributed by atoms with Crippen LogP contribution in [0.15, 0.2) is 48.5 Å². The molecular formula is C18H21FN2O. The SMILES string of the molecule is Nc1ccc(C2(O)CCN(Cc3ccccc3)CC2)c(F)c1. The topological polar surface area (TPSA) is 49.5 Å². The summed E-state index contributed by atoms with van der Waals surface area (Å²) in [4.78, 5) is 2.29. The van der Waals surface area contributed by atoms with E-state index in [9.17, 15) is 9.50 Å². The van der Waals surface area contributed by atoms with Crippen LogP contribution in [-0.2, 0) is 12.1 Å². The Hall–Kier alpha value is -1.91. The summed E-state index contributed by atoms with van der Waals surface area (Å²) in [7, 11) is 0. The molecule has 1 aliphatic rings. The summed E-state index contributed by atoms with van der Waals surface area (Å²) in [5.74, 6) is -0.418. The number of hydrogen-bond donors (Lipinski definition) is 2. The van der Waals surface area contributed by atoms with Crippen LogP contribution in [0.5, 0.6) is 0 Å². The third-order valence-electron chi connectivity index (χ3n) is 4.43. The van der Waals surface area contributed by atoms with E-state index in [1.165, 1.54) is 11.6 Å². The van der Waals surface area contributed by atoms with Crippen molar-refractivity contribution in [3.05, 3.63) is 65.5 Å². The molecule has 0 radical (unpaired) electrons. The van der Waals surface area contributed by atoms with Crippen LogP contribution >= 0.6 is 0 Å². The number of likely N-dealkylation sites (tertiary alicyclic amines) is 1. The molecule has 0 unspecified atom stereocenters. The van der Waals surface area contributed by atoms with E-state index in [4.69, 9.17) is 5.73 Å². The second kappa shape index (κ2) is 6.07. The van der Waals surface area contributed by atoms with Crippen molar-refractivity contribution in [2.75, 3.05) is 18.8 Å². The van der Waals surface area contributed by atoms with Crippen molar-refractivity contribution in [2.24, 2.45) is 0 Å². The van der Waals surface area contributed by atoms with Crippen molar-refractivity contribution in [1.82, 2.24) is 4.90 Å². The van der Waals surface area contributed by atoms with Crippen molar-refractivity contribution in [3.63, 3.8) is 0 Å². The number of nitrogens with two attached hydrogens (primary N) is 1. The molecule has 1 heterocycles. The third-order valence-corrected chi connectivity index (χ3v) is 4.43. The highest BCUT2D eigenvalue weighted by Gasteiger charge is 2.35. The summed E-state index contributed by atoms with van der Waals surface area (Å²) in [5.41, 5.74) is 6.49. The van der Waals surface area contributed by atoms with Crippen LogP contribution in [0.4, 0.5) is 10.1 Å². The van der Waals surface area contributed by atoms with E-state index >= 15 is 0 Å². The average molecular weight is 300 g/mol. The minimum absolute atomic E-state index is 0.362. The van der Waals surface area contributed by atoms with Gasteiger partial charge in [-0.3, -0.25) is 4.90 Å². The zero-order chi connectivity index (χ0) is 15.6. The number of hydrogen-bond acceptors (Lipinski definition) is 3. The molecule has 1 saturated heterocycles. The minimum Gasteiger partial charge on any atom is -0.399 e. The molecule has 0 aliphatic carbocycles. The average Bonchev–Trinajstić information content (AvgIpc) is 2.51. The molecule has 0 atom stereocenters. The van der Waals surface area contributed by atoms with Gasteiger partial charge in [-0.15, -0.1) is 0 Å². The number of aliphatic hydroxyl groups is 1. The highest BCUT2D eigenvalue weighted by molar-refractivity contribution is 5.42. The number of anilines is 1. The van der Waals surface area contributed by atoms with Crippen LogP contribution in [0.2, 0.25) is 0 Å². The molecule has 0 bridgehead atoms. The van der Waals surface area contributed by atoms with Crippen LogP contribution in [0.1, 0.15) is 24.0 Å². The van der Waals surface area contributed by atoms with Gasteiger partial charge in [-0.2, -0.15) is 0 Å². The van der Waals surface area contributed by atoms with Crippen LogP contribution in [-0.4, -0.2) is 23.1 Å². The van der Waals surface area contributed by atoms with Gasteiger partial charge in [-0.25, -0.2) is 4.39 Å². The molecule has 0 spiro atoms. The maximum absolute atomic E-state index is 14.1. The maximum Gasteiger partial charge on any atom is 0.131 e. The largest absolute Gasteiger partial charge is 0.399 e. The molecule has 2 aromatic carbocycles. The summed E-state index contributed by atoms with van der Waals surface area (Å²) in [6.07, 6.45) is 1.06. The lowest BCUT2D eigenvalue weighted by atomic mass is 9.84. The summed E-state index contributed by atoms with van der Waals surface area (Å²) in [6, 6.07) is 14.8. The molecule has 22 heavy (non-hydrogen) atoms. The lowest BCUT2D eigenvalue weighted by Gasteiger charge is -2.38. The van der Waals surface area contributed by atoms with Gasteiger partial charge in [-0.1, -0.05) is 36.4 Å². The predicted octanol–water partition coefficient (Wildman–Crippen LogP) is 2.89. The quantitative estimate of drug-likeness (QED) is 0.857. The van der Waals surface area contributed by atoms with Crippen molar-refractivity contribution >= 4 is 5.69 Å². The number of rotatable bonds is 3. The molecule has 3 nitrogen and oxygen atoms in total. The summed E-state index contributed by atoms with van der Waals surface area (Å²) >= 11 is 0. The molecule has 116 valence electrons. The number of halogens is 1. The summed E-state index contributed by atoms with van der Waals surface area (Å²) in [6.45, 7) is 2.35. The molecule has 2 aromatic rings. The van der Waals surface area contributed by atoms with E-state index < -0.39 is 11.4 Å². The summed E-state index contributed by atoms with van der Waals surface area (Å²) < 4.78 is 14.1. The molecule has 4 heteroatoms. The Balaban J connectivity index is 1.67. The van der Waals surface area contributed by atoms with E-state index in [1.54, 1.807) is 12.1 Å². The van der Waals surface area contributed by atoms with Crippen LogP contribution in [0.3, 0.4) is 0 Å². The van der Waals surface area contributed by atoms with Crippen LogP contribution < -0.4 is 5.73 Å². The number of nitrogens with zero attached hydrogens (tertiary/aromatic N) is 1. The van der Waals surface area contributed by atoms with Gasteiger partial charge >= 0.3 is 0 Å². The van der Waals surface area contributed by atoms with Crippen LogP contribution in [0, 0.1) is 5.82 Å². The van der Waals surface area contributed by atoms with Crippen LogP contribution in [0.25, 0.3) is 0 Å². The van der Waals surface area contributed by atoms with Crippen molar-refractivity contribution in [1.29, 1.82) is 0 Å². The van der Waals surface area contributed by atoms with Gasteiger partial charge in [0.25, 0.3) is 0 Å². The number of piperidine rings is 1. The first-order valence-corrected chi connectivity index (χ1v) is 7.61. The Morgan fingerprint density at radius 1 is 1.09 bits per heavy atom. The second-order valence-electron chi connectivity index (χ2n) is 6.03. The van der Waals surface area contributed by atoms with Crippen molar-refractivity contribution in [3.8, 4) is 0 Å². The second-order valence-corrected chi connectivity index (χ2v) is 6.03. The lowest BCUT2D eigenvalue weighted by Crippen LogP contribution is -2.42. The highest BCUT2D eigenvalue weighted by Crippen LogP contribution is 2.35.